The average Bonchev–Trinajstić information content (AvgIpc) is 1.73. The largest absolute Gasteiger partial charge is 0.472 e. The first-order valence-corrected chi connectivity index (χ1v) is 56.9. The molecule has 0 saturated carbocycles. The number of phosphoric acid groups is 5. The highest BCUT2D eigenvalue weighted by Crippen LogP contribution is 2.53. The summed E-state index contributed by atoms with van der Waals surface area (Å²) < 4.78 is 194. The number of ketones is 3. The monoisotopic (exact) mass is 2170 g/mol. The summed E-state index contributed by atoms with van der Waals surface area (Å²) in [5.74, 6) is -3.00. The number of nitrogens with one attached hydrogen (secondary N) is 3. The molecule has 3 amide bonds. The number of hydrogen-bond donors (Lipinski definition) is 17. The van der Waals surface area contributed by atoms with Gasteiger partial charge in [0, 0.05) is 91.6 Å². The van der Waals surface area contributed by atoms with E-state index in [1.807, 2.05) is 20.8 Å². The van der Waals surface area contributed by atoms with E-state index in [4.69, 9.17) is 107 Å². The summed E-state index contributed by atoms with van der Waals surface area (Å²) in [5, 5.41) is 98.8. The van der Waals surface area contributed by atoms with Crippen molar-refractivity contribution < 1.29 is 229 Å². The number of phosphoric ester groups is 5. The third-order valence-corrected chi connectivity index (χ3v) is 29.0. The standard InChI is InChI=1S/C87H160N3O48P5/c1-57-67(48-91)133-84(76(79(57)101)88-58(2)95)119-52-61(98)33-25-18-15-21-29-37-117-74-46-65(137-141(110,111)123-40-32-24-13-11-9-8-10-12-23-31-39-122-87(5,6)7)71(131-74)55-128-140(108,109)125-42-44-127-143(114,115)138-66-47-75(118-38-30-22-16-19-27-35-63(100)54-121-86-78(90-60(4)97)83(105)81(103)70(51-94)135-86)132-72(66)56-129-139(106,107)124-41-43-126-142(112,113)136-64-45-73(130-68(64)49-92)116-36-28-20-14-17-26-34-62(99)53-120-85-77(89-59(3)96)82(104)80(102)69(50-93)134-85/h57,64-86,91-94,101-105H,8-56H2,1-7H3,(H,88,95)(H,89,96)(H,90,97)(H,106,107)(H,108,109)(H,110,111)(H,112,113)(H,114,115)/t57-,64?,65+,66?,67+,68+,69+,70+,71?,72+,73+,74+,75+,76+,77+,78+,79-,80-,81-,82+,83+,84+,85+,86+/m0/s1. The molecule has 836 valence electrons. The molecule has 6 rings (SSSR count). The van der Waals surface area contributed by atoms with Crippen molar-refractivity contribution in [1.29, 1.82) is 0 Å². The summed E-state index contributed by atoms with van der Waals surface area (Å²) >= 11 is 0. The molecule has 0 bridgehead atoms. The molecule has 29 atom stereocenters. The number of aliphatic hydroxyl groups excluding tert-OH is 9. The van der Waals surface area contributed by atoms with Crippen molar-refractivity contribution in [3.05, 3.63) is 0 Å². The Bertz CT molecular complexity index is 3890. The number of Topliss-reactive ketones (excluding diaryl/α,β-unsaturated/α-hetero) is 3. The third-order valence-electron chi connectivity index (χ3n) is 23.9. The van der Waals surface area contributed by atoms with Crippen molar-refractivity contribution in [1.82, 2.24) is 16.0 Å². The number of ether oxygens (including phenoxy) is 13. The Morgan fingerprint density at radius 1 is 0.308 bits per heavy atom. The Hall–Kier alpha value is -2.91. The van der Waals surface area contributed by atoms with Crippen molar-refractivity contribution in [2.24, 2.45) is 5.92 Å². The van der Waals surface area contributed by atoms with Crippen molar-refractivity contribution >= 4 is 74.2 Å². The summed E-state index contributed by atoms with van der Waals surface area (Å²) in [4.78, 5) is 128. The van der Waals surface area contributed by atoms with Gasteiger partial charge in [0.2, 0.25) is 17.7 Å². The maximum absolute atomic E-state index is 13.7. The van der Waals surface area contributed by atoms with E-state index in [2.05, 4.69) is 16.0 Å². The van der Waals surface area contributed by atoms with Crippen molar-refractivity contribution in [3.63, 3.8) is 0 Å². The summed E-state index contributed by atoms with van der Waals surface area (Å²) in [6.07, 6.45) is -8.10. The van der Waals surface area contributed by atoms with Crippen LogP contribution in [0.3, 0.4) is 0 Å². The lowest BCUT2D eigenvalue weighted by Gasteiger charge is -2.43. The molecule has 17 N–H and O–H groups in total. The fraction of sp³-hybridized carbons (Fsp3) is 0.931. The topological polar surface area (TPSA) is 719 Å². The van der Waals surface area contributed by atoms with E-state index in [0.717, 1.165) is 58.0 Å². The fourth-order valence-corrected chi connectivity index (χ4v) is 20.5. The van der Waals surface area contributed by atoms with Crippen LogP contribution in [0.5, 0.6) is 0 Å². The van der Waals surface area contributed by atoms with Gasteiger partial charge in [0.25, 0.3) is 0 Å². The molecule has 0 radical (unpaired) electrons. The van der Waals surface area contributed by atoms with Crippen LogP contribution >= 0.6 is 39.1 Å². The quantitative estimate of drug-likeness (QED) is 0.0288. The van der Waals surface area contributed by atoms with Gasteiger partial charge in [-0.1, -0.05) is 116 Å². The van der Waals surface area contributed by atoms with Crippen molar-refractivity contribution in [2.45, 2.75) is 394 Å². The second-order valence-electron chi connectivity index (χ2n) is 37.1. The second kappa shape index (κ2) is 67.6. The van der Waals surface area contributed by atoms with Crippen LogP contribution in [0, 0.1) is 5.92 Å². The first kappa shape index (κ1) is 129. The SMILES string of the molecule is CC(=O)N[C@H]1[C@H](OCC(=O)CCCCCCCO[C@H]2C[C@@H](OP(=O)(O)OCCCCCCCCCCCCOC(C)(C)C)C(COP(=O)(O)OCCOP(=O)(O)OC3C[C@H](OCCCCCCCC(=O)CO[C@@H]4O[C@H](CO)[C@H](O)[C@H](O)[C@H]4NC(C)=O)O[C@@H]3COP(=O)(O)OCCOP(=O)(O)OC3C[C@H](OCCCCCCCC(=O)CO[C@@H]4O[C@H](CO)[C@H](O)[C@H](O)[C@H]4NC(C)=O)O[C@@H]3CO)O2)O[C@H](CO)[C@H](C)[C@@H]1O. The van der Waals surface area contributed by atoms with Gasteiger partial charge < -0.3 is 148 Å². The van der Waals surface area contributed by atoms with E-state index < -0.39 is 283 Å². The van der Waals surface area contributed by atoms with E-state index in [1.54, 1.807) is 6.92 Å². The molecule has 6 aliphatic rings. The van der Waals surface area contributed by atoms with Crippen LogP contribution in [0.1, 0.15) is 248 Å². The number of unbranched alkanes of at least 4 members (excludes halogenated alkanes) is 21. The normalized spacial score (nSPS) is 30.1. The molecule has 6 fully saturated rings. The molecule has 56 heteroatoms. The van der Waals surface area contributed by atoms with Gasteiger partial charge in [0.15, 0.2) is 55.1 Å². The Kier molecular flexibility index (Phi) is 60.9. The number of rotatable bonds is 79. The maximum atomic E-state index is 13.7. The Morgan fingerprint density at radius 2 is 0.573 bits per heavy atom. The molecule has 0 aromatic carbocycles. The molecule has 6 heterocycles. The summed E-state index contributed by atoms with van der Waals surface area (Å²) in [6, 6.07) is -3.41. The molecule has 0 spiro atoms. The predicted octanol–water partition coefficient (Wildman–Crippen LogP) is 4.75. The lowest BCUT2D eigenvalue weighted by molar-refractivity contribution is -0.268. The highest BCUT2D eigenvalue weighted by Gasteiger charge is 2.51. The van der Waals surface area contributed by atoms with E-state index >= 15 is 0 Å². The first-order chi connectivity index (χ1) is 67.7. The third kappa shape index (κ3) is 51.6. The van der Waals surface area contributed by atoms with Crippen LogP contribution in [0.25, 0.3) is 0 Å². The van der Waals surface area contributed by atoms with Crippen LogP contribution in [0.15, 0.2) is 0 Å². The molecular formula is C87H160N3O48P5. The van der Waals surface area contributed by atoms with E-state index in [-0.39, 0.29) is 94.5 Å². The summed E-state index contributed by atoms with van der Waals surface area (Å²) in [5.41, 5.74) is -0.163. The van der Waals surface area contributed by atoms with Gasteiger partial charge in [-0.25, -0.2) is 22.8 Å². The average molecular weight is 2170 g/mol. The van der Waals surface area contributed by atoms with Crippen LogP contribution in [0.2, 0.25) is 0 Å². The zero-order valence-corrected chi connectivity index (χ0v) is 87.4. The number of amides is 3. The number of aliphatic hydroxyl groups is 9. The first-order valence-electron chi connectivity index (χ1n) is 49.4. The van der Waals surface area contributed by atoms with E-state index in [9.17, 15) is 122 Å². The van der Waals surface area contributed by atoms with Gasteiger partial charge in [-0.05, 0) is 72.1 Å². The number of carbonyl (C=O) groups excluding carboxylic acids is 6. The Morgan fingerprint density at radius 3 is 0.888 bits per heavy atom. The van der Waals surface area contributed by atoms with Gasteiger partial charge in [0.1, 0.15) is 111 Å². The fourth-order valence-electron chi connectivity index (χ4n) is 16.3. The van der Waals surface area contributed by atoms with Gasteiger partial charge in [-0.3, -0.25) is 74.0 Å². The van der Waals surface area contributed by atoms with E-state index in [0.29, 0.717) is 109 Å². The minimum absolute atomic E-state index is 0.0142. The van der Waals surface area contributed by atoms with Gasteiger partial charge in [0.05, 0.1) is 90.5 Å². The molecule has 6 aliphatic heterocycles. The van der Waals surface area contributed by atoms with Gasteiger partial charge >= 0.3 is 39.1 Å². The highest BCUT2D eigenvalue weighted by molar-refractivity contribution is 7.48. The molecule has 143 heavy (non-hydrogen) atoms. The molecule has 0 aromatic rings. The molecule has 0 aromatic heterocycles. The predicted molar refractivity (Wildman–Crippen MR) is 497 cm³/mol. The summed E-state index contributed by atoms with van der Waals surface area (Å²) in [6.45, 7) is 3.27. The zero-order valence-electron chi connectivity index (χ0n) is 82.9. The maximum Gasteiger partial charge on any atom is 0.472 e. The lowest BCUT2D eigenvalue weighted by atomic mass is 9.89. The molecule has 6 saturated heterocycles. The number of hydrogen-bond acceptors (Lipinski definition) is 43. The molecule has 0 aliphatic carbocycles. The molecular weight excluding hydrogens is 2010 g/mol. The lowest BCUT2D eigenvalue weighted by Crippen LogP contribution is -2.64. The Labute approximate surface area is 834 Å². The highest BCUT2D eigenvalue weighted by atomic mass is 31.2. The minimum atomic E-state index is -5.28. The van der Waals surface area contributed by atoms with Gasteiger partial charge in [-0.15, -0.1) is 0 Å². The molecule has 8 unspecified atom stereocenters. The smallest absolute Gasteiger partial charge is 0.394 e. The van der Waals surface area contributed by atoms with Crippen LogP contribution in [-0.2, 0) is 158 Å². The van der Waals surface area contributed by atoms with Gasteiger partial charge in [-0.2, -0.15) is 0 Å². The molecule has 51 nitrogen and oxygen atoms in total. The van der Waals surface area contributed by atoms with Crippen LogP contribution in [-0.4, -0.2) is 371 Å². The summed E-state index contributed by atoms with van der Waals surface area (Å²) in [7, 11) is -25.5. The second-order valence-corrected chi connectivity index (χ2v) is 44.2. The van der Waals surface area contributed by atoms with E-state index in [1.165, 1.54) is 20.8 Å². The minimum Gasteiger partial charge on any atom is -0.394 e. The Balaban J connectivity index is 0.961. The number of carbonyl (C=O) groups is 6. The van der Waals surface area contributed by atoms with Crippen LogP contribution in [0.4, 0.5) is 0 Å². The van der Waals surface area contributed by atoms with Crippen molar-refractivity contribution in [3.8, 4) is 0 Å². The zero-order chi connectivity index (χ0) is 105. The van der Waals surface area contributed by atoms with Crippen LogP contribution < -0.4 is 16.0 Å². The van der Waals surface area contributed by atoms with Crippen molar-refractivity contribution in [2.75, 3.05) is 119 Å².